The Kier molecular flexibility index (Phi) is 9.78. The normalized spacial score (nSPS) is 12.4. The largest absolute Gasteiger partial charge is 0.310 e. The van der Waals surface area contributed by atoms with Crippen molar-refractivity contribution in [1.29, 1.82) is 0 Å². The molecule has 0 spiro atoms. The van der Waals surface area contributed by atoms with Crippen LogP contribution in [0.2, 0.25) is 0 Å². The molecule has 1 aliphatic carbocycles. The number of hydrogen-bond acceptors (Lipinski definition) is 2. The average Bonchev–Trinajstić information content (AvgIpc) is 3.58. The molecule has 10 aromatic rings. The van der Waals surface area contributed by atoms with Crippen LogP contribution in [0.25, 0.3) is 55.3 Å². The summed E-state index contributed by atoms with van der Waals surface area (Å²) in [4.78, 5) is 4.80. The van der Waals surface area contributed by atoms with Crippen molar-refractivity contribution in [3.63, 3.8) is 0 Å². The summed E-state index contributed by atoms with van der Waals surface area (Å²) in [6.45, 7) is 6.92. The number of fused-ring (bicyclic) bond motifs is 4. The van der Waals surface area contributed by atoms with Gasteiger partial charge in [0.1, 0.15) is 0 Å². The molecule has 0 heterocycles. The standard InChI is InChI=1S/C62H48N2/c1-43-21-29-50(30-22-43)63(53-35-27-49(28-36-53)57-20-12-18-48-17-10-11-19-56(48)57)54-37-39-58-59-40-38-55(42-61(59)62(2,3)60(58)41-54)64(51-31-23-46(24-32-51)44-13-6-4-7-14-44)52-33-25-47(26-34-52)45-15-8-5-9-16-45/h4-42H,1-3H3. The van der Waals surface area contributed by atoms with Gasteiger partial charge in [0, 0.05) is 39.5 Å². The molecule has 0 amide bonds. The number of nitrogens with zero attached hydrogens (tertiary/aromatic N) is 2. The van der Waals surface area contributed by atoms with Crippen LogP contribution in [0.1, 0.15) is 30.5 Å². The van der Waals surface area contributed by atoms with Gasteiger partial charge in [0.05, 0.1) is 0 Å². The number of benzene rings is 10. The predicted octanol–water partition coefficient (Wildman–Crippen LogP) is 17.4. The zero-order valence-corrected chi connectivity index (χ0v) is 36.4. The zero-order valence-electron chi connectivity index (χ0n) is 36.4. The minimum Gasteiger partial charge on any atom is -0.310 e. The van der Waals surface area contributed by atoms with Crippen molar-refractivity contribution in [2.45, 2.75) is 26.2 Å². The second-order valence-corrected chi connectivity index (χ2v) is 17.5. The van der Waals surface area contributed by atoms with Crippen LogP contribution in [0.5, 0.6) is 0 Å². The first-order valence-corrected chi connectivity index (χ1v) is 22.2. The summed E-state index contributed by atoms with van der Waals surface area (Å²) in [5.41, 5.74) is 20.2. The van der Waals surface area contributed by atoms with Gasteiger partial charge in [0.15, 0.2) is 0 Å². The fourth-order valence-corrected chi connectivity index (χ4v) is 9.71. The van der Waals surface area contributed by atoms with Gasteiger partial charge in [-0.25, -0.2) is 0 Å². The van der Waals surface area contributed by atoms with Crippen LogP contribution in [-0.2, 0) is 5.41 Å². The van der Waals surface area contributed by atoms with Crippen LogP contribution in [-0.4, -0.2) is 0 Å². The van der Waals surface area contributed by atoms with Gasteiger partial charge in [0.25, 0.3) is 0 Å². The molecule has 0 atom stereocenters. The Morgan fingerprint density at radius 3 is 1.16 bits per heavy atom. The maximum Gasteiger partial charge on any atom is 0.0465 e. The molecular weight excluding hydrogens is 773 g/mol. The Labute approximate surface area is 377 Å². The van der Waals surface area contributed by atoms with E-state index in [-0.39, 0.29) is 5.41 Å². The summed E-state index contributed by atoms with van der Waals surface area (Å²) in [7, 11) is 0. The molecule has 11 rings (SSSR count). The molecule has 0 radical (unpaired) electrons. The van der Waals surface area contributed by atoms with Crippen molar-refractivity contribution >= 4 is 44.9 Å². The van der Waals surface area contributed by atoms with Crippen LogP contribution >= 0.6 is 0 Å². The van der Waals surface area contributed by atoms with Gasteiger partial charge in [-0.2, -0.15) is 0 Å². The molecule has 0 saturated carbocycles. The summed E-state index contributed by atoms with van der Waals surface area (Å²) < 4.78 is 0. The molecule has 0 fully saturated rings. The van der Waals surface area contributed by atoms with Crippen molar-refractivity contribution in [3.05, 3.63) is 253 Å². The molecular formula is C62H48N2. The van der Waals surface area contributed by atoms with Crippen LogP contribution < -0.4 is 9.80 Å². The van der Waals surface area contributed by atoms with Crippen LogP contribution in [0, 0.1) is 6.92 Å². The van der Waals surface area contributed by atoms with Crippen molar-refractivity contribution < 1.29 is 0 Å². The molecule has 64 heavy (non-hydrogen) atoms. The van der Waals surface area contributed by atoms with E-state index in [2.05, 4.69) is 267 Å². The molecule has 0 bridgehead atoms. The quantitative estimate of drug-likeness (QED) is 0.143. The first-order chi connectivity index (χ1) is 31.4. The summed E-state index contributed by atoms with van der Waals surface area (Å²) in [5.74, 6) is 0. The van der Waals surface area contributed by atoms with Crippen LogP contribution in [0.4, 0.5) is 34.1 Å². The minimum absolute atomic E-state index is 0.256. The molecule has 0 N–H and O–H groups in total. The maximum atomic E-state index is 2.43. The lowest BCUT2D eigenvalue weighted by molar-refractivity contribution is 0.660. The summed E-state index contributed by atoms with van der Waals surface area (Å²) in [6, 6.07) is 86.4. The first kappa shape index (κ1) is 38.9. The lowest BCUT2D eigenvalue weighted by atomic mass is 9.82. The minimum atomic E-state index is -0.256. The van der Waals surface area contributed by atoms with Gasteiger partial charge in [-0.15, -0.1) is 0 Å². The summed E-state index contributed by atoms with van der Waals surface area (Å²) in [6.07, 6.45) is 0. The topological polar surface area (TPSA) is 6.48 Å². The van der Waals surface area contributed by atoms with Gasteiger partial charge in [0.2, 0.25) is 0 Å². The Balaban J connectivity index is 0.974. The Morgan fingerprint density at radius 2 is 0.672 bits per heavy atom. The smallest absolute Gasteiger partial charge is 0.0465 e. The number of hydrogen-bond donors (Lipinski definition) is 0. The second kappa shape index (κ2) is 16.1. The molecule has 0 saturated heterocycles. The molecule has 2 nitrogen and oxygen atoms in total. The highest BCUT2D eigenvalue weighted by Gasteiger charge is 2.37. The number of rotatable bonds is 9. The Hall–Kier alpha value is -7.94. The van der Waals surface area contributed by atoms with Crippen LogP contribution in [0.3, 0.4) is 0 Å². The highest BCUT2D eigenvalue weighted by Crippen LogP contribution is 2.52. The van der Waals surface area contributed by atoms with Crippen molar-refractivity contribution in [1.82, 2.24) is 0 Å². The second-order valence-electron chi connectivity index (χ2n) is 17.5. The van der Waals surface area contributed by atoms with E-state index in [4.69, 9.17) is 0 Å². The van der Waals surface area contributed by atoms with Crippen molar-refractivity contribution in [2.75, 3.05) is 9.80 Å². The molecule has 10 aromatic carbocycles. The predicted molar refractivity (Wildman–Crippen MR) is 272 cm³/mol. The number of aryl methyl sites for hydroxylation is 1. The highest BCUT2D eigenvalue weighted by atomic mass is 15.1. The van der Waals surface area contributed by atoms with Gasteiger partial charge in [-0.3, -0.25) is 0 Å². The molecule has 0 aliphatic heterocycles. The van der Waals surface area contributed by atoms with Crippen molar-refractivity contribution in [3.8, 4) is 44.5 Å². The van der Waals surface area contributed by atoms with Gasteiger partial charge in [-0.1, -0.05) is 183 Å². The zero-order chi connectivity index (χ0) is 43.2. The van der Waals surface area contributed by atoms with E-state index < -0.39 is 0 Å². The first-order valence-electron chi connectivity index (χ1n) is 22.2. The van der Waals surface area contributed by atoms with E-state index in [1.54, 1.807) is 0 Å². The van der Waals surface area contributed by atoms with Gasteiger partial charge < -0.3 is 9.80 Å². The third kappa shape index (κ3) is 7.04. The molecule has 2 heteroatoms. The van der Waals surface area contributed by atoms with Gasteiger partial charge in [-0.05, 0) is 146 Å². The van der Waals surface area contributed by atoms with E-state index >= 15 is 0 Å². The lowest BCUT2D eigenvalue weighted by Gasteiger charge is -2.29. The van der Waals surface area contributed by atoms with E-state index in [1.165, 1.54) is 72.0 Å². The fraction of sp³-hybridized carbons (Fsp3) is 0.0645. The third-order valence-electron chi connectivity index (χ3n) is 13.1. The molecule has 1 aliphatic rings. The van der Waals surface area contributed by atoms with Crippen molar-refractivity contribution in [2.24, 2.45) is 0 Å². The van der Waals surface area contributed by atoms with Crippen LogP contribution in [0.15, 0.2) is 237 Å². The van der Waals surface area contributed by atoms with E-state index in [1.807, 2.05) is 0 Å². The SMILES string of the molecule is Cc1ccc(N(c2ccc(-c3cccc4ccccc34)cc2)c2ccc3c(c2)C(C)(C)c2cc(N(c4ccc(-c5ccccc5)cc4)c4ccc(-c5ccccc5)cc4)ccc2-3)cc1. The molecule has 0 unspecified atom stereocenters. The maximum absolute atomic E-state index is 2.43. The molecule has 0 aromatic heterocycles. The molecule has 306 valence electrons. The summed E-state index contributed by atoms with van der Waals surface area (Å²) >= 11 is 0. The van der Waals surface area contributed by atoms with E-state index in [0.29, 0.717) is 0 Å². The Morgan fingerprint density at radius 1 is 0.297 bits per heavy atom. The monoisotopic (exact) mass is 820 g/mol. The fourth-order valence-electron chi connectivity index (χ4n) is 9.71. The lowest BCUT2D eigenvalue weighted by Crippen LogP contribution is -2.17. The van der Waals surface area contributed by atoms with E-state index in [9.17, 15) is 0 Å². The number of anilines is 6. The highest BCUT2D eigenvalue weighted by molar-refractivity contribution is 5.97. The average molecular weight is 821 g/mol. The Bertz CT molecular complexity index is 3170. The summed E-state index contributed by atoms with van der Waals surface area (Å²) in [5, 5.41) is 2.52. The third-order valence-corrected chi connectivity index (χ3v) is 13.1. The van der Waals surface area contributed by atoms with E-state index in [0.717, 1.165) is 34.1 Å². The van der Waals surface area contributed by atoms with Gasteiger partial charge >= 0.3 is 0 Å².